The van der Waals surface area contributed by atoms with Crippen LogP contribution in [-0.2, 0) is 23.2 Å². The fourth-order valence-corrected chi connectivity index (χ4v) is 7.81. The molecule has 1 aliphatic heterocycles. The topological polar surface area (TPSA) is 86.3 Å². The summed E-state index contributed by atoms with van der Waals surface area (Å²) >= 11 is 3.25. The Morgan fingerprint density at radius 1 is 1.00 bits per heavy atom. The van der Waals surface area contributed by atoms with Gasteiger partial charge in [0, 0.05) is 42.1 Å². The molecule has 0 aliphatic carbocycles. The van der Waals surface area contributed by atoms with E-state index < -0.39 is 10.1 Å². The summed E-state index contributed by atoms with van der Waals surface area (Å²) in [7, 11) is -2.21. The molecule has 0 amide bonds. The molecule has 10 heteroatoms. The number of hydrogen-bond acceptors (Lipinski definition) is 7. The van der Waals surface area contributed by atoms with Crippen molar-refractivity contribution in [1.29, 1.82) is 0 Å². The Morgan fingerprint density at radius 2 is 1.72 bits per heavy atom. The predicted molar refractivity (Wildman–Crippen MR) is 175 cm³/mol. The first-order valence-electron chi connectivity index (χ1n) is 13.6. The Balaban J connectivity index is 0.000000283. The van der Waals surface area contributed by atoms with Gasteiger partial charge in [0.1, 0.15) is 24.3 Å². The first-order valence-corrected chi connectivity index (χ1v) is 16.7. The van der Waals surface area contributed by atoms with E-state index in [1.807, 2.05) is 42.8 Å². The third-order valence-electron chi connectivity index (χ3n) is 7.02. The largest absolute Gasteiger partial charge is 0.744 e. The van der Waals surface area contributed by atoms with E-state index in [9.17, 15) is 17.8 Å². The van der Waals surface area contributed by atoms with Crippen molar-refractivity contribution in [3.05, 3.63) is 129 Å². The number of benzene rings is 3. The second-order valence-corrected chi connectivity index (χ2v) is 13.3. The number of nitrogens with zero attached hydrogens (tertiary/aromatic N) is 3. The molecular formula is C33H31N3O4S3. The Bertz CT molecular complexity index is 2120. The van der Waals surface area contributed by atoms with Crippen LogP contribution in [0.1, 0.15) is 18.2 Å². The highest BCUT2D eigenvalue weighted by Crippen LogP contribution is 2.48. The lowest BCUT2D eigenvalue weighted by atomic mass is 10.1. The highest BCUT2D eigenvalue weighted by Gasteiger charge is 2.26. The summed E-state index contributed by atoms with van der Waals surface area (Å²) < 4.78 is 36.9. The number of allylic oxidation sites excluding steroid dienone is 1. The maximum atomic E-state index is 13.4. The van der Waals surface area contributed by atoms with Crippen LogP contribution < -0.4 is 24.2 Å². The zero-order valence-corrected chi connectivity index (χ0v) is 26.5. The van der Waals surface area contributed by atoms with Crippen LogP contribution in [0.5, 0.6) is 0 Å². The third-order valence-corrected chi connectivity index (χ3v) is 10.3. The minimum atomic E-state index is -4.27. The molecular weight excluding hydrogens is 599 g/mol. The molecule has 0 unspecified atom stereocenters. The minimum absolute atomic E-state index is 0.0708. The quantitative estimate of drug-likeness (QED) is 0.161. The summed E-state index contributed by atoms with van der Waals surface area (Å²) in [6, 6.07) is 24.6. The molecule has 0 fully saturated rings. The van der Waals surface area contributed by atoms with Crippen molar-refractivity contribution in [2.75, 3.05) is 11.9 Å². The van der Waals surface area contributed by atoms with Crippen LogP contribution in [0.15, 0.2) is 112 Å². The minimum Gasteiger partial charge on any atom is -0.744 e. The molecule has 3 aromatic carbocycles. The lowest BCUT2D eigenvalue weighted by Crippen LogP contribution is -2.37. The highest BCUT2D eigenvalue weighted by atomic mass is 32.2. The van der Waals surface area contributed by atoms with Gasteiger partial charge in [-0.25, -0.2) is 8.42 Å². The summed E-state index contributed by atoms with van der Waals surface area (Å²) in [5.41, 5.74) is 3.23. The molecule has 0 spiro atoms. The van der Waals surface area contributed by atoms with Crippen LogP contribution in [0, 0.1) is 6.92 Å². The molecule has 1 aliphatic rings. The Labute approximate surface area is 259 Å². The zero-order valence-electron chi connectivity index (χ0n) is 24.1. The molecule has 0 saturated carbocycles. The normalized spacial score (nSPS) is 14.4. The number of pyridine rings is 1. The van der Waals surface area contributed by atoms with Crippen molar-refractivity contribution >= 4 is 60.8 Å². The monoisotopic (exact) mass is 629 g/mol. The van der Waals surface area contributed by atoms with E-state index in [0.29, 0.717) is 6.54 Å². The number of aromatic nitrogens is 2. The predicted octanol–water partition coefficient (Wildman–Crippen LogP) is 4.59. The van der Waals surface area contributed by atoms with Gasteiger partial charge in [-0.3, -0.25) is 9.36 Å². The molecule has 0 bridgehead atoms. The fourth-order valence-electron chi connectivity index (χ4n) is 4.86. The average molecular weight is 630 g/mol. The van der Waals surface area contributed by atoms with Crippen molar-refractivity contribution in [2.45, 2.75) is 36.7 Å². The number of aryl methyl sites for hydroxylation is 1. The number of thiazole rings is 1. The molecule has 6 rings (SSSR count). The number of rotatable bonds is 5. The molecule has 43 heavy (non-hydrogen) atoms. The summed E-state index contributed by atoms with van der Waals surface area (Å²) in [5.74, 6) is 0. The van der Waals surface area contributed by atoms with Gasteiger partial charge >= 0.3 is 0 Å². The average Bonchev–Trinajstić information content (AvgIpc) is 3.49. The summed E-state index contributed by atoms with van der Waals surface area (Å²) in [4.78, 5) is 16.6. The van der Waals surface area contributed by atoms with E-state index in [1.165, 1.54) is 33.5 Å². The van der Waals surface area contributed by atoms with E-state index in [-0.39, 0.29) is 10.5 Å². The molecule has 2 aromatic heterocycles. The molecule has 0 radical (unpaired) electrons. The van der Waals surface area contributed by atoms with Gasteiger partial charge in [0.15, 0.2) is 12.7 Å². The van der Waals surface area contributed by atoms with Gasteiger partial charge in [0.05, 0.1) is 10.6 Å². The Morgan fingerprint density at radius 3 is 2.42 bits per heavy atom. The first kappa shape index (κ1) is 30.5. The lowest BCUT2D eigenvalue weighted by Gasteiger charge is -2.15. The maximum absolute atomic E-state index is 13.4. The maximum Gasteiger partial charge on any atom is 0.271 e. The number of thioether (sulfide) groups is 1. The second-order valence-electron chi connectivity index (χ2n) is 9.90. The van der Waals surface area contributed by atoms with Crippen molar-refractivity contribution in [3.63, 3.8) is 0 Å². The van der Waals surface area contributed by atoms with Gasteiger partial charge in [0.2, 0.25) is 5.69 Å². The van der Waals surface area contributed by atoms with Crippen molar-refractivity contribution in [2.24, 2.45) is 0 Å². The van der Waals surface area contributed by atoms with Gasteiger partial charge in [-0.15, -0.1) is 11.3 Å². The third kappa shape index (κ3) is 6.37. The second kappa shape index (κ2) is 12.7. The molecule has 3 heterocycles. The van der Waals surface area contributed by atoms with Crippen LogP contribution >= 0.6 is 23.1 Å². The highest BCUT2D eigenvalue weighted by molar-refractivity contribution is 8.08. The van der Waals surface area contributed by atoms with Gasteiger partial charge in [-0.2, -0.15) is 4.57 Å². The van der Waals surface area contributed by atoms with Gasteiger partial charge < -0.3 is 9.45 Å². The standard InChI is InChI=1S/C26H24N3OS2.C7H8O3S/c1-4-15-28-16-9-8-11-19(28)17-22-29(5-2)25(30)24(32-22)26-27(3)23-20-12-7-6-10-18(20)13-14-21(23)31-26;1-6-2-4-7(5-3-6)11(8,9)10/h4,6-14,16-17H,1,5,15H2,2-3H3;2-5H,1H3,(H,8,9,10)/q+1;/p-1. The Hall–Kier alpha value is -3.96. The Kier molecular flexibility index (Phi) is 9.03. The van der Waals surface area contributed by atoms with Gasteiger partial charge in [-0.1, -0.05) is 66.4 Å². The van der Waals surface area contributed by atoms with Crippen LogP contribution in [0.3, 0.4) is 0 Å². The smallest absolute Gasteiger partial charge is 0.271 e. The fraction of sp³-hybridized carbons (Fsp3) is 0.152. The van der Waals surface area contributed by atoms with Crippen LogP contribution in [0.25, 0.3) is 21.9 Å². The first-order chi connectivity index (χ1) is 20.6. The summed E-state index contributed by atoms with van der Waals surface area (Å²) in [6.45, 7) is 9.06. The van der Waals surface area contributed by atoms with Crippen LogP contribution in [-0.4, -0.2) is 24.6 Å². The van der Waals surface area contributed by atoms with E-state index in [0.717, 1.165) is 32.0 Å². The molecule has 7 nitrogen and oxygen atoms in total. The van der Waals surface area contributed by atoms with Crippen molar-refractivity contribution in [3.8, 4) is 0 Å². The van der Waals surface area contributed by atoms with Gasteiger partial charge in [0.25, 0.3) is 5.56 Å². The number of fused-ring (bicyclic) bond motifs is 3. The van der Waals surface area contributed by atoms with Crippen LogP contribution in [0.2, 0.25) is 0 Å². The molecule has 0 N–H and O–H groups in total. The van der Waals surface area contributed by atoms with E-state index in [2.05, 4.69) is 71.6 Å². The van der Waals surface area contributed by atoms with Crippen molar-refractivity contribution < 1.29 is 17.5 Å². The number of hydrogen-bond donors (Lipinski definition) is 0. The van der Waals surface area contributed by atoms with E-state index >= 15 is 0 Å². The molecule has 220 valence electrons. The zero-order chi connectivity index (χ0) is 30.7. The molecule has 5 aromatic rings. The molecule has 0 atom stereocenters. The molecule has 0 saturated heterocycles. The SMILES string of the molecule is C=CC[n+]1ccccc1C=c1sc(=C2Sc3ccc4ccccc4c3N2C)c(=O)n1CC.Cc1ccc(S(=O)(=O)[O-])cc1. The lowest BCUT2D eigenvalue weighted by molar-refractivity contribution is -0.688. The van der Waals surface area contributed by atoms with E-state index in [4.69, 9.17) is 0 Å². The summed E-state index contributed by atoms with van der Waals surface area (Å²) in [6.07, 6.45) is 6.02. The van der Waals surface area contributed by atoms with Gasteiger partial charge in [-0.05, 0) is 49.6 Å². The van der Waals surface area contributed by atoms with E-state index in [1.54, 1.807) is 35.2 Å². The van der Waals surface area contributed by atoms with Crippen molar-refractivity contribution in [1.82, 2.24) is 4.57 Å². The number of anilines is 1. The van der Waals surface area contributed by atoms with Crippen LogP contribution in [0.4, 0.5) is 5.69 Å². The summed E-state index contributed by atoms with van der Waals surface area (Å²) in [5, 5.41) is 3.42.